The van der Waals surface area contributed by atoms with Crippen molar-refractivity contribution in [3.05, 3.63) is 42.2 Å². The average Bonchev–Trinajstić information content (AvgIpc) is 2.98. The summed E-state index contributed by atoms with van der Waals surface area (Å²) in [5.74, 6) is -0.959. The minimum atomic E-state index is -0.737. The summed E-state index contributed by atoms with van der Waals surface area (Å²) in [6.45, 7) is 3.53. The van der Waals surface area contributed by atoms with E-state index in [2.05, 4.69) is 15.6 Å². The van der Waals surface area contributed by atoms with E-state index in [9.17, 15) is 9.59 Å². The molecule has 0 aliphatic rings. The van der Waals surface area contributed by atoms with Crippen molar-refractivity contribution in [3.8, 4) is 5.69 Å². The number of rotatable bonds is 5. The van der Waals surface area contributed by atoms with Crippen molar-refractivity contribution in [1.82, 2.24) is 20.3 Å². The van der Waals surface area contributed by atoms with E-state index in [0.29, 0.717) is 0 Å². The van der Waals surface area contributed by atoms with Crippen molar-refractivity contribution >= 4 is 11.9 Å². The molecule has 0 radical (unpaired) electrons. The molecule has 0 bridgehead atoms. The third-order valence-electron chi connectivity index (χ3n) is 2.73. The van der Waals surface area contributed by atoms with Crippen LogP contribution in [0.1, 0.15) is 24.3 Å². The largest absolute Gasteiger partial charge is 0.464 e. The predicted octanol–water partition coefficient (Wildman–Crippen LogP) is 0.949. The van der Waals surface area contributed by atoms with E-state index < -0.39 is 17.9 Å². The van der Waals surface area contributed by atoms with Crippen LogP contribution in [0.5, 0.6) is 0 Å². The molecule has 1 atom stereocenters. The van der Waals surface area contributed by atoms with Crippen molar-refractivity contribution in [2.45, 2.75) is 19.9 Å². The van der Waals surface area contributed by atoms with Crippen LogP contribution in [0.3, 0.4) is 0 Å². The van der Waals surface area contributed by atoms with E-state index >= 15 is 0 Å². The van der Waals surface area contributed by atoms with Gasteiger partial charge in [0, 0.05) is 0 Å². The Morgan fingerprint density at radius 2 is 2.05 bits per heavy atom. The summed E-state index contributed by atoms with van der Waals surface area (Å²) in [6.07, 6.45) is 1.50. The predicted molar refractivity (Wildman–Crippen MR) is 74.9 cm³/mol. The number of benzene rings is 1. The SMILES string of the molecule is CCOC(=O)C(C)NC(=O)c1cn(-c2ccccc2)nn1. The number of amides is 1. The van der Waals surface area contributed by atoms with Gasteiger partial charge in [-0.3, -0.25) is 4.79 Å². The van der Waals surface area contributed by atoms with E-state index in [4.69, 9.17) is 4.74 Å². The molecule has 2 rings (SSSR count). The topological polar surface area (TPSA) is 86.1 Å². The van der Waals surface area contributed by atoms with E-state index in [1.807, 2.05) is 30.3 Å². The molecule has 0 aliphatic heterocycles. The first-order chi connectivity index (χ1) is 10.1. The minimum Gasteiger partial charge on any atom is -0.464 e. The highest BCUT2D eigenvalue weighted by atomic mass is 16.5. The summed E-state index contributed by atoms with van der Waals surface area (Å²) in [5, 5.41) is 10.2. The Morgan fingerprint density at radius 3 is 2.71 bits per heavy atom. The molecule has 7 heteroatoms. The van der Waals surface area contributed by atoms with Gasteiger partial charge in [0.25, 0.3) is 5.91 Å². The number of nitrogens with one attached hydrogen (secondary N) is 1. The highest BCUT2D eigenvalue weighted by molar-refractivity contribution is 5.94. The standard InChI is InChI=1S/C14H16N4O3/c1-3-21-14(20)10(2)15-13(19)12-9-18(17-16-12)11-7-5-4-6-8-11/h4-10H,3H2,1-2H3,(H,15,19). The van der Waals surface area contributed by atoms with Gasteiger partial charge in [0.05, 0.1) is 18.5 Å². The fraction of sp³-hybridized carbons (Fsp3) is 0.286. The summed E-state index contributed by atoms with van der Waals surface area (Å²) in [4.78, 5) is 23.4. The first kappa shape index (κ1) is 14.7. The molecule has 1 N–H and O–H groups in total. The third-order valence-corrected chi connectivity index (χ3v) is 2.73. The molecule has 110 valence electrons. The maximum absolute atomic E-state index is 12.0. The zero-order chi connectivity index (χ0) is 15.2. The van der Waals surface area contributed by atoms with Crippen LogP contribution >= 0.6 is 0 Å². The summed E-state index contributed by atoms with van der Waals surface area (Å²) in [6, 6.07) is 8.56. The molecule has 1 amide bonds. The van der Waals surface area contributed by atoms with Crippen LogP contribution in [0.2, 0.25) is 0 Å². The lowest BCUT2D eigenvalue weighted by Gasteiger charge is -2.10. The number of carbonyl (C=O) groups is 2. The molecular weight excluding hydrogens is 272 g/mol. The van der Waals surface area contributed by atoms with Crippen LogP contribution in [0.4, 0.5) is 0 Å². The lowest BCUT2D eigenvalue weighted by molar-refractivity contribution is -0.144. The van der Waals surface area contributed by atoms with Crippen LogP contribution in [0, 0.1) is 0 Å². The second kappa shape index (κ2) is 6.65. The lowest BCUT2D eigenvalue weighted by Crippen LogP contribution is -2.39. The number of nitrogens with zero attached hydrogens (tertiary/aromatic N) is 3. The van der Waals surface area contributed by atoms with Crippen molar-refractivity contribution < 1.29 is 14.3 Å². The van der Waals surface area contributed by atoms with Crippen molar-refractivity contribution in [2.24, 2.45) is 0 Å². The van der Waals surface area contributed by atoms with Gasteiger partial charge in [-0.15, -0.1) is 5.10 Å². The Labute approximate surface area is 121 Å². The lowest BCUT2D eigenvalue weighted by atomic mass is 10.3. The Bertz CT molecular complexity index is 624. The highest BCUT2D eigenvalue weighted by Crippen LogP contribution is 2.05. The van der Waals surface area contributed by atoms with Crippen LogP contribution < -0.4 is 5.32 Å². The Morgan fingerprint density at radius 1 is 1.33 bits per heavy atom. The van der Waals surface area contributed by atoms with Gasteiger partial charge >= 0.3 is 5.97 Å². The molecule has 1 aromatic heterocycles. The van der Waals surface area contributed by atoms with Gasteiger partial charge in [0.15, 0.2) is 5.69 Å². The second-order valence-corrected chi connectivity index (χ2v) is 4.33. The number of para-hydroxylation sites is 1. The summed E-state index contributed by atoms with van der Waals surface area (Å²) in [7, 11) is 0. The van der Waals surface area contributed by atoms with Crippen LogP contribution in [-0.2, 0) is 9.53 Å². The molecule has 0 spiro atoms. The zero-order valence-corrected chi connectivity index (χ0v) is 11.8. The fourth-order valence-electron chi connectivity index (χ4n) is 1.67. The molecular formula is C14H16N4O3. The van der Waals surface area contributed by atoms with E-state index in [-0.39, 0.29) is 12.3 Å². The molecule has 1 aromatic carbocycles. The number of carbonyl (C=O) groups excluding carboxylic acids is 2. The second-order valence-electron chi connectivity index (χ2n) is 4.33. The molecule has 0 aliphatic carbocycles. The van der Waals surface area contributed by atoms with Gasteiger partial charge in [0.1, 0.15) is 6.04 Å². The van der Waals surface area contributed by atoms with Crippen LogP contribution in [0.15, 0.2) is 36.5 Å². The minimum absolute atomic E-state index is 0.134. The smallest absolute Gasteiger partial charge is 0.328 e. The Kier molecular flexibility index (Phi) is 4.65. The first-order valence-electron chi connectivity index (χ1n) is 6.57. The Balaban J connectivity index is 2.04. The number of ether oxygens (including phenoxy) is 1. The van der Waals surface area contributed by atoms with E-state index in [1.165, 1.54) is 10.9 Å². The number of hydrogen-bond donors (Lipinski definition) is 1. The zero-order valence-electron chi connectivity index (χ0n) is 11.8. The van der Waals surface area contributed by atoms with Gasteiger partial charge in [0.2, 0.25) is 0 Å². The van der Waals surface area contributed by atoms with Crippen molar-refractivity contribution in [3.63, 3.8) is 0 Å². The Hall–Kier alpha value is -2.70. The molecule has 1 unspecified atom stereocenters. The number of aromatic nitrogens is 3. The molecule has 0 saturated carbocycles. The van der Waals surface area contributed by atoms with Gasteiger partial charge in [-0.25, -0.2) is 9.48 Å². The van der Waals surface area contributed by atoms with E-state index in [1.54, 1.807) is 13.8 Å². The number of esters is 1. The van der Waals surface area contributed by atoms with Gasteiger partial charge < -0.3 is 10.1 Å². The normalized spacial score (nSPS) is 11.7. The molecule has 2 aromatic rings. The summed E-state index contributed by atoms with van der Waals surface area (Å²) in [5.41, 5.74) is 0.928. The fourth-order valence-corrected chi connectivity index (χ4v) is 1.67. The van der Waals surface area contributed by atoms with Crippen molar-refractivity contribution in [1.29, 1.82) is 0 Å². The maximum atomic E-state index is 12.0. The molecule has 0 saturated heterocycles. The molecule has 1 heterocycles. The maximum Gasteiger partial charge on any atom is 0.328 e. The van der Waals surface area contributed by atoms with Gasteiger partial charge in [-0.2, -0.15) is 0 Å². The molecule has 21 heavy (non-hydrogen) atoms. The van der Waals surface area contributed by atoms with Crippen molar-refractivity contribution in [2.75, 3.05) is 6.61 Å². The summed E-state index contributed by atoms with van der Waals surface area (Å²) < 4.78 is 6.31. The molecule has 7 nitrogen and oxygen atoms in total. The summed E-state index contributed by atoms with van der Waals surface area (Å²) >= 11 is 0. The highest BCUT2D eigenvalue weighted by Gasteiger charge is 2.19. The van der Waals surface area contributed by atoms with Crippen LogP contribution in [0.25, 0.3) is 5.69 Å². The van der Waals surface area contributed by atoms with E-state index in [0.717, 1.165) is 5.69 Å². The quantitative estimate of drug-likeness (QED) is 0.828. The van der Waals surface area contributed by atoms with Crippen LogP contribution in [-0.4, -0.2) is 39.5 Å². The van der Waals surface area contributed by atoms with Gasteiger partial charge in [-0.1, -0.05) is 23.4 Å². The molecule has 0 fully saturated rings. The third kappa shape index (κ3) is 3.65. The number of hydrogen-bond acceptors (Lipinski definition) is 5. The first-order valence-corrected chi connectivity index (χ1v) is 6.57. The monoisotopic (exact) mass is 288 g/mol. The van der Waals surface area contributed by atoms with Gasteiger partial charge in [-0.05, 0) is 26.0 Å². The average molecular weight is 288 g/mol.